The summed E-state index contributed by atoms with van der Waals surface area (Å²) in [7, 11) is -3.04. The molecule has 1 rings (SSSR count). The second-order valence-electron chi connectivity index (χ2n) is 4.06. The van der Waals surface area contributed by atoms with Gasteiger partial charge in [-0.3, -0.25) is 0 Å². The summed E-state index contributed by atoms with van der Waals surface area (Å²) in [6, 6.07) is 0. The fraction of sp³-hybridized carbons (Fsp3) is 1.00. The highest BCUT2D eigenvalue weighted by molar-refractivity contribution is 9.09. The third-order valence-electron chi connectivity index (χ3n) is 2.64. The fourth-order valence-electron chi connectivity index (χ4n) is 1.63. The average Bonchev–Trinajstić information content (AvgIpc) is 2.67. The predicted molar refractivity (Wildman–Crippen MR) is 62.1 cm³/mol. The van der Waals surface area contributed by atoms with Crippen molar-refractivity contribution in [2.45, 2.75) is 37.9 Å². The number of rotatable bonds is 5. The Kier molecular flexibility index (Phi) is 4.87. The fourth-order valence-corrected chi connectivity index (χ4v) is 3.56. The van der Waals surface area contributed by atoms with Crippen molar-refractivity contribution in [3.05, 3.63) is 0 Å². The summed E-state index contributed by atoms with van der Waals surface area (Å²) in [6.45, 7) is 2.57. The Labute approximate surface area is 94.8 Å². The zero-order valence-electron chi connectivity index (χ0n) is 8.50. The molecule has 14 heavy (non-hydrogen) atoms. The van der Waals surface area contributed by atoms with Gasteiger partial charge in [-0.2, -0.15) is 0 Å². The van der Waals surface area contributed by atoms with Gasteiger partial charge in [-0.05, 0) is 18.8 Å². The van der Waals surface area contributed by atoms with Gasteiger partial charge in [0.1, 0.15) is 0 Å². The van der Waals surface area contributed by atoms with Gasteiger partial charge in [0.25, 0.3) is 0 Å². The van der Waals surface area contributed by atoms with Gasteiger partial charge in [0.05, 0.1) is 5.25 Å². The standard InChI is InChI=1S/C9H18BrNO2S/c1-8(6-10)7-11-14(12,13)9-4-2-3-5-9/h8-9,11H,2-7H2,1H3. The maximum Gasteiger partial charge on any atom is 0.214 e. The van der Waals surface area contributed by atoms with Crippen LogP contribution >= 0.6 is 15.9 Å². The SMILES string of the molecule is CC(CBr)CNS(=O)(=O)C1CCCC1. The Bertz CT molecular complexity index is 260. The van der Waals surface area contributed by atoms with Crippen LogP contribution in [0.3, 0.4) is 0 Å². The minimum absolute atomic E-state index is 0.134. The maximum absolute atomic E-state index is 11.7. The molecule has 0 bridgehead atoms. The number of halogens is 1. The molecule has 1 unspecified atom stereocenters. The Balaban J connectivity index is 2.41. The minimum Gasteiger partial charge on any atom is -0.215 e. The molecule has 1 aliphatic carbocycles. The second kappa shape index (κ2) is 5.47. The third kappa shape index (κ3) is 3.51. The predicted octanol–water partition coefficient (Wildman–Crippen LogP) is 1.88. The number of hydrogen-bond acceptors (Lipinski definition) is 2. The topological polar surface area (TPSA) is 46.2 Å². The molecule has 5 heteroatoms. The largest absolute Gasteiger partial charge is 0.215 e. The van der Waals surface area contributed by atoms with Gasteiger partial charge in [0.2, 0.25) is 10.0 Å². The van der Waals surface area contributed by atoms with Gasteiger partial charge in [-0.15, -0.1) is 0 Å². The summed E-state index contributed by atoms with van der Waals surface area (Å²) < 4.78 is 26.1. The molecule has 0 aromatic heterocycles. The van der Waals surface area contributed by atoms with Crippen LogP contribution in [0.1, 0.15) is 32.6 Å². The van der Waals surface area contributed by atoms with Gasteiger partial charge in [0.15, 0.2) is 0 Å². The molecule has 0 spiro atoms. The highest BCUT2D eigenvalue weighted by Crippen LogP contribution is 2.23. The van der Waals surface area contributed by atoms with Crippen molar-refractivity contribution in [2.75, 3.05) is 11.9 Å². The molecule has 1 saturated carbocycles. The van der Waals surface area contributed by atoms with E-state index in [1.165, 1.54) is 0 Å². The first-order valence-electron chi connectivity index (χ1n) is 5.10. The number of nitrogens with one attached hydrogen (secondary N) is 1. The highest BCUT2D eigenvalue weighted by atomic mass is 79.9. The van der Waals surface area contributed by atoms with E-state index in [2.05, 4.69) is 20.7 Å². The van der Waals surface area contributed by atoms with Crippen molar-refractivity contribution in [1.29, 1.82) is 0 Å². The highest BCUT2D eigenvalue weighted by Gasteiger charge is 2.28. The average molecular weight is 284 g/mol. The Morgan fingerprint density at radius 2 is 2.00 bits per heavy atom. The van der Waals surface area contributed by atoms with Crippen LogP contribution in [0.4, 0.5) is 0 Å². The van der Waals surface area contributed by atoms with Crippen LogP contribution in [-0.2, 0) is 10.0 Å². The van der Waals surface area contributed by atoms with E-state index in [1.54, 1.807) is 0 Å². The van der Waals surface area contributed by atoms with E-state index in [1.807, 2.05) is 6.92 Å². The molecule has 0 radical (unpaired) electrons. The molecule has 1 aliphatic rings. The molecular formula is C9H18BrNO2S. The van der Waals surface area contributed by atoms with E-state index >= 15 is 0 Å². The van der Waals surface area contributed by atoms with E-state index in [-0.39, 0.29) is 5.25 Å². The van der Waals surface area contributed by atoms with Gasteiger partial charge < -0.3 is 0 Å². The third-order valence-corrected chi connectivity index (χ3v) is 5.66. The first-order chi connectivity index (χ1) is 6.56. The van der Waals surface area contributed by atoms with E-state index < -0.39 is 10.0 Å². The second-order valence-corrected chi connectivity index (χ2v) is 6.75. The van der Waals surface area contributed by atoms with Crippen LogP contribution in [0.2, 0.25) is 0 Å². The summed E-state index contributed by atoms with van der Waals surface area (Å²) in [5, 5.41) is 0.699. The molecule has 84 valence electrons. The number of hydrogen-bond donors (Lipinski definition) is 1. The van der Waals surface area contributed by atoms with Crippen LogP contribution in [0.5, 0.6) is 0 Å². The van der Waals surface area contributed by atoms with E-state index in [0.717, 1.165) is 31.0 Å². The Hall–Kier alpha value is 0.390. The maximum atomic E-state index is 11.7. The minimum atomic E-state index is -3.04. The molecule has 3 nitrogen and oxygen atoms in total. The van der Waals surface area contributed by atoms with Gasteiger partial charge in [-0.25, -0.2) is 13.1 Å². The Morgan fingerprint density at radius 3 is 2.50 bits per heavy atom. The van der Waals surface area contributed by atoms with Crippen molar-refractivity contribution < 1.29 is 8.42 Å². The first kappa shape index (κ1) is 12.5. The van der Waals surface area contributed by atoms with Crippen molar-refractivity contribution in [3.63, 3.8) is 0 Å². The van der Waals surface area contributed by atoms with Crippen molar-refractivity contribution in [1.82, 2.24) is 4.72 Å². The zero-order valence-corrected chi connectivity index (χ0v) is 10.9. The smallest absolute Gasteiger partial charge is 0.214 e. The molecule has 1 atom stereocenters. The molecule has 0 aromatic rings. The summed E-state index contributed by atoms with van der Waals surface area (Å²) in [5.41, 5.74) is 0. The quantitative estimate of drug-likeness (QED) is 0.783. The van der Waals surface area contributed by atoms with Gasteiger partial charge in [-0.1, -0.05) is 35.7 Å². The molecule has 0 aliphatic heterocycles. The van der Waals surface area contributed by atoms with Crippen LogP contribution < -0.4 is 4.72 Å². The van der Waals surface area contributed by atoms with Crippen LogP contribution in [-0.4, -0.2) is 25.5 Å². The van der Waals surface area contributed by atoms with Crippen molar-refractivity contribution in [2.24, 2.45) is 5.92 Å². The van der Waals surface area contributed by atoms with Gasteiger partial charge >= 0.3 is 0 Å². The molecule has 0 saturated heterocycles. The lowest BCUT2D eigenvalue weighted by Crippen LogP contribution is -2.35. The Morgan fingerprint density at radius 1 is 1.43 bits per heavy atom. The summed E-state index contributed by atoms with van der Waals surface area (Å²) in [4.78, 5) is 0. The van der Waals surface area contributed by atoms with Crippen LogP contribution in [0, 0.1) is 5.92 Å². The zero-order chi connectivity index (χ0) is 10.6. The lowest BCUT2D eigenvalue weighted by molar-refractivity contribution is 0.549. The van der Waals surface area contributed by atoms with Crippen LogP contribution in [0.25, 0.3) is 0 Å². The first-order valence-corrected chi connectivity index (χ1v) is 7.77. The van der Waals surface area contributed by atoms with E-state index in [4.69, 9.17) is 0 Å². The van der Waals surface area contributed by atoms with Gasteiger partial charge in [0, 0.05) is 11.9 Å². The molecule has 1 N–H and O–H groups in total. The summed E-state index contributed by atoms with van der Waals surface area (Å²) in [5.74, 6) is 0.353. The lowest BCUT2D eigenvalue weighted by Gasteiger charge is -2.14. The van der Waals surface area contributed by atoms with E-state index in [0.29, 0.717) is 12.5 Å². The van der Waals surface area contributed by atoms with Crippen molar-refractivity contribution >= 4 is 26.0 Å². The van der Waals surface area contributed by atoms with Crippen LogP contribution in [0.15, 0.2) is 0 Å². The summed E-state index contributed by atoms with van der Waals surface area (Å²) in [6.07, 6.45) is 3.77. The molecule has 0 aromatic carbocycles. The normalized spacial score (nSPS) is 21.3. The molecule has 1 fully saturated rings. The van der Waals surface area contributed by atoms with E-state index in [9.17, 15) is 8.42 Å². The number of alkyl halides is 1. The monoisotopic (exact) mass is 283 g/mol. The molecule has 0 amide bonds. The lowest BCUT2D eigenvalue weighted by atomic mass is 10.2. The molecule has 0 heterocycles. The van der Waals surface area contributed by atoms with Crippen molar-refractivity contribution in [3.8, 4) is 0 Å². The summed E-state index contributed by atoms with van der Waals surface area (Å²) >= 11 is 3.33. The number of sulfonamides is 1. The molecular weight excluding hydrogens is 266 g/mol.